The van der Waals surface area contributed by atoms with E-state index in [4.69, 9.17) is 23.7 Å². The van der Waals surface area contributed by atoms with E-state index in [9.17, 15) is 0 Å². The van der Waals surface area contributed by atoms with Crippen LogP contribution >= 0.6 is 15.9 Å². The van der Waals surface area contributed by atoms with E-state index in [1.165, 1.54) is 22.3 Å². The van der Waals surface area contributed by atoms with Crippen molar-refractivity contribution in [3.8, 4) is 28.7 Å². The average Bonchev–Trinajstić information content (AvgIpc) is 3.21. The van der Waals surface area contributed by atoms with Crippen LogP contribution in [0.3, 0.4) is 0 Å². The molecule has 0 saturated heterocycles. The second-order valence-electron chi connectivity index (χ2n) is 7.18. The molecule has 2 aromatic carbocycles. The summed E-state index contributed by atoms with van der Waals surface area (Å²) in [6.45, 7) is 2.07. The Kier molecular flexibility index (Phi) is 4.32. The maximum Gasteiger partial charge on any atom is 0.231 e. The van der Waals surface area contributed by atoms with Gasteiger partial charge in [-0.2, -0.15) is 0 Å². The van der Waals surface area contributed by atoms with Gasteiger partial charge in [0.1, 0.15) is 0 Å². The van der Waals surface area contributed by atoms with Crippen LogP contribution in [0.25, 0.3) is 0 Å². The first-order valence-corrected chi connectivity index (χ1v) is 10.1. The molecule has 3 aliphatic heterocycles. The highest BCUT2D eigenvalue weighted by atomic mass is 79.9. The number of benzene rings is 2. The van der Waals surface area contributed by atoms with Crippen molar-refractivity contribution >= 4 is 15.9 Å². The summed E-state index contributed by atoms with van der Waals surface area (Å²) in [7, 11) is 5.08. The van der Waals surface area contributed by atoms with E-state index in [1.54, 1.807) is 21.3 Å². The van der Waals surface area contributed by atoms with E-state index in [0.29, 0.717) is 5.75 Å². The third kappa shape index (κ3) is 2.42. The topological polar surface area (TPSA) is 49.4 Å². The predicted molar refractivity (Wildman–Crippen MR) is 107 cm³/mol. The van der Waals surface area contributed by atoms with Crippen LogP contribution in [0.2, 0.25) is 0 Å². The summed E-state index contributed by atoms with van der Waals surface area (Å²) in [6, 6.07) is 4.32. The molecule has 7 heteroatoms. The van der Waals surface area contributed by atoms with Crippen molar-refractivity contribution in [2.24, 2.45) is 0 Å². The van der Waals surface area contributed by atoms with E-state index in [-0.39, 0.29) is 12.8 Å². The molecule has 0 aliphatic carbocycles. The van der Waals surface area contributed by atoms with E-state index < -0.39 is 0 Å². The molecule has 0 fully saturated rings. The molecule has 148 valence electrons. The Hall–Kier alpha value is -2.12. The molecule has 0 aromatic heterocycles. The Labute approximate surface area is 172 Å². The SMILES string of the molecule is COc1ccc2c(c1OC)CC1c3c(c(Br)c4c(c3OC)OCO4)CCN1C2. The second kappa shape index (κ2) is 6.74. The van der Waals surface area contributed by atoms with Crippen LogP contribution in [0.5, 0.6) is 28.7 Å². The smallest absolute Gasteiger partial charge is 0.231 e. The molecule has 28 heavy (non-hydrogen) atoms. The Morgan fingerprint density at radius 3 is 2.54 bits per heavy atom. The first-order chi connectivity index (χ1) is 13.7. The largest absolute Gasteiger partial charge is 0.493 e. The molecule has 5 rings (SSSR count). The fraction of sp³-hybridized carbons (Fsp3) is 0.429. The van der Waals surface area contributed by atoms with Crippen molar-refractivity contribution < 1.29 is 23.7 Å². The molecule has 2 aromatic rings. The number of fused-ring (bicyclic) bond motifs is 5. The van der Waals surface area contributed by atoms with Gasteiger partial charge in [0, 0.05) is 30.3 Å². The predicted octanol–water partition coefficient (Wildman–Crippen LogP) is 3.86. The minimum Gasteiger partial charge on any atom is -0.493 e. The van der Waals surface area contributed by atoms with E-state index in [2.05, 4.69) is 26.9 Å². The first kappa shape index (κ1) is 17.9. The first-order valence-electron chi connectivity index (χ1n) is 9.32. The Balaban J connectivity index is 1.68. The fourth-order valence-corrected chi connectivity index (χ4v) is 5.46. The van der Waals surface area contributed by atoms with Gasteiger partial charge in [-0.15, -0.1) is 0 Å². The second-order valence-corrected chi connectivity index (χ2v) is 7.98. The maximum atomic E-state index is 5.84. The van der Waals surface area contributed by atoms with Crippen molar-refractivity contribution in [1.29, 1.82) is 0 Å². The van der Waals surface area contributed by atoms with Gasteiger partial charge in [0.25, 0.3) is 0 Å². The zero-order valence-electron chi connectivity index (χ0n) is 16.1. The molecule has 0 saturated carbocycles. The van der Waals surface area contributed by atoms with Crippen LogP contribution in [0.15, 0.2) is 16.6 Å². The molecular weight excluding hydrogens is 426 g/mol. The monoisotopic (exact) mass is 447 g/mol. The molecule has 0 N–H and O–H groups in total. The van der Waals surface area contributed by atoms with Gasteiger partial charge in [-0.05, 0) is 46.0 Å². The Morgan fingerprint density at radius 1 is 1.00 bits per heavy atom. The van der Waals surface area contributed by atoms with E-state index in [0.717, 1.165) is 53.4 Å². The molecule has 6 nitrogen and oxygen atoms in total. The van der Waals surface area contributed by atoms with Gasteiger partial charge in [-0.3, -0.25) is 4.90 Å². The van der Waals surface area contributed by atoms with Gasteiger partial charge < -0.3 is 23.7 Å². The van der Waals surface area contributed by atoms with Crippen molar-refractivity contribution in [2.75, 3.05) is 34.7 Å². The van der Waals surface area contributed by atoms with E-state index in [1.807, 2.05) is 6.07 Å². The lowest BCUT2D eigenvalue weighted by molar-refractivity contribution is 0.153. The summed E-state index contributed by atoms with van der Waals surface area (Å²) in [4.78, 5) is 2.51. The van der Waals surface area contributed by atoms with Gasteiger partial charge in [-0.1, -0.05) is 6.07 Å². The summed E-state index contributed by atoms with van der Waals surface area (Å²) >= 11 is 3.76. The summed E-state index contributed by atoms with van der Waals surface area (Å²) in [5.74, 6) is 3.82. The summed E-state index contributed by atoms with van der Waals surface area (Å²) in [5.41, 5.74) is 4.91. The van der Waals surface area contributed by atoms with Crippen molar-refractivity contribution in [3.05, 3.63) is 38.9 Å². The lowest BCUT2D eigenvalue weighted by Gasteiger charge is -2.42. The number of nitrogens with zero attached hydrogens (tertiary/aromatic N) is 1. The van der Waals surface area contributed by atoms with E-state index >= 15 is 0 Å². The molecular formula is C21H22BrNO5. The minimum atomic E-state index is 0.179. The number of methoxy groups -OCH3 is 3. The van der Waals surface area contributed by atoms with Crippen LogP contribution in [-0.2, 0) is 19.4 Å². The lowest BCUT2D eigenvalue weighted by Crippen LogP contribution is -2.40. The van der Waals surface area contributed by atoms with Crippen molar-refractivity contribution in [2.45, 2.75) is 25.4 Å². The molecule has 3 heterocycles. The summed E-state index contributed by atoms with van der Waals surface area (Å²) in [6.07, 6.45) is 1.76. The maximum absolute atomic E-state index is 5.84. The lowest BCUT2D eigenvalue weighted by atomic mass is 9.82. The molecule has 0 radical (unpaired) electrons. The van der Waals surface area contributed by atoms with Crippen LogP contribution in [-0.4, -0.2) is 39.6 Å². The van der Waals surface area contributed by atoms with Crippen molar-refractivity contribution in [3.63, 3.8) is 0 Å². The Morgan fingerprint density at radius 2 is 1.79 bits per heavy atom. The molecule has 1 unspecified atom stereocenters. The number of rotatable bonds is 3. The zero-order chi connectivity index (χ0) is 19.4. The fourth-order valence-electron chi connectivity index (χ4n) is 4.75. The summed E-state index contributed by atoms with van der Waals surface area (Å²) < 4.78 is 29.5. The molecule has 0 amide bonds. The molecule has 0 bridgehead atoms. The highest BCUT2D eigenvalue weighted by Crippen LogP contribution is 2.56. The summed E-state index contributed by atoms with van der Waals surface area (Å²) in [5, 5.41) is 0. The normalized spacial score (nSPS) is 19.5. The van der Waals surface area contributed by atoms with Gasteiger partial charge in [0.05, 0.1) is 25.8 Å². The van der Waals surface area contributed by atoms with Crippen molar-refractivity contribution in [1.82, 2.24) is 4.90 Å². The van der Waals surface area contributed by atoms with Crippen LogP contribution in [0, 0.1) is 0 Å². The number of ether oxygens (including phenoxy) is 5. The number of hydrogen-bond acceptors (Lipinski definition) is 6. The van der Waals surface area contributed by atoms with Gasteiger partial charge >= 0.3 is 0 Å². The highest BCUT2D eigenvalue weighted by molar-refractivity contribution is 9.10. The minimum absolute atomic E-state index is 0.179. The molecule has 3 aliphatic rings. The van der Waals surface area contributed by atoms with Crippen LogP contribution in [0.1, 0.15) is 28.3 Å². The number of hydrogen-bond donors (Lipinski definition) is 0. The van der Waals surface area contributed by atoms with Crippen LogP contribution in [0.4, 0.5) is 0 Å². The van der Waals surface area contributed by atoms with Gasteiger partial charge in [0.15, 0.2) is 23.0 Å². The highest BCUT2D eigenvalue weighted by Gasteiger charge is 2.40. The quantitative estimate of drug-likeness (QED) is 0.711. The average molecular weight is 448 g/mol. The standard InChI is InChI=1S/C21H22BrNO5/c1-24-15-5-4-11-9-23-7-6-12-16(14(23)8-13(11)18(15)25-2)19(26-3)21-20(17(12)22)27-10-28-21/h4-5,14H,6-10H2,1-3H3. The zero-order valence-corrected chi connectivity index (χ0v) is 17.7. The molecule has 0 spiro atoms. The van der Waals surface area contributed by atoms with Gasteiger partial charge in [-0.25, -0.2) is 0 Å². The molecule has 1 atom stereocenters. The van der Waals surface area contributed by atoms with Crippen LogP contribution < -0.4 is 23.7 Å². The number of halogens is 1. The van der Waals surface area contributed by atoms with Gasteiger partial charge in [0.2, 0.25) is 12.5 Å². The third-order valence-corrected chi connectivity index (χ3v) is 6.84. The third-order valence-electron chi connectivity index (χ3n) is 6.00. The Bertz CT molecular complexity index is 961.